The first-order chi connectivity index (χ1) is 6.68. The van der Waals surface area contributed by atoms with E-state index in [4.69, 9.17) is 9.57 Å². The number of ether oxygens (including phenoxy) is 1. The van der Waals surface area contributed by atoms with E-state index in [0.29, 0.717) is 12.1 Å². The van der Waals surface area contributed by atoms with Crippen LogP contribution in [-0.4, -0.2) is 24.4 Å². The Hall–Kier alpha value is -0.120. The van der Waals surface area contributed by atoms with Crippen molar-refractivity contribution < 1.29 is 9.57 Å². The molecule has 0 aromatic carbocycles. The van der Waals surface area contributed by atoms with Gasteiger partial charge < -0.3 is 4.74 Å². The van der Waals surface area contributed by atoms with Crippen molar-refractivity contribution >= 4 is 0 Å². The van der Waals surface area contributed by atoms with E-state index in [2.05, 4.69) is 19.3 Å². The first-order valence-electron chi connectivity index (χ1n) is 5.73. The minimum atomic E-state index is -0.0708. The summed E-state index contributed by atoms with van der Waals surface area (Å²) in [5.41, 5.74) is 3.12. The van der Waals surface area contributed by atoms with E-state index >= 15 is 0 Å². The van der Waals surface area contributed by atoms with Crippen LogP contribution >= 0.6 is 0 Å². The van der Waals surface area contributed by atoms with Crippen molar-refractivity contribution in [1.82, 2.24) is 5.48 Å². The molecule has 0 bridgehead atoms. The van der Waals surface area contributed by atoms with Crippen LogP contribution in [0.1, 0.15) is 46.0 Å². The summed E-state index contributed by atoms with van der Waals surface area (Å²) in [4.78, 5) is 5.69. The van der Waals surface area contributed by atoms with Crippen LogP contribution in [0.2, 0.25) is 0 Å². The molecule has 82 valence electrons. The van der Waals surface area contributed by atoms with Crippen molar-refractivity contribution in [2.45, 2.75) is 63.7 Å². The normalized spacial score (nSPS) is 32.6. The fourth-order valence-corrected chi connectivity index (χ4v) is 2.27. The summed E-state index contributed by atoms with van der Waals surface area (Å²) >= 11 is 0. The van der Waals surface area contributed by atoms with E-state index < -0.39 is 0 Å². The van der Waals surface area contributed by atoms with Crippen LogP contribution < -0.4 is 5.48 Å². The molecular formula is C11H21NO2. The van der Waals surface area contributed by atoms with E-state index in [1.807, 2.05) is 0 Å². The second-order valence-electron chi connectivity index (χ2n) is 4.94. The largest absolute Gasteiger partial charge is 0.374 e. The molecule has 0 aromatic heterocycles. The smallest absolute Gasteiger partial charge is 0.0802 e. The highest BCUT2D eigenvalue weighted by molar-refractivity contribution is 4.88. The van der Waals surface area contributed by atoms with Crippen LogP contribution in [-0.2, 0) is 9.57 Å². The molecule has 0 amide bonds. The second-order valence-corrected chi connectivity index (χ2v) is 4.94. The number of hydrogen-bond donors (Lipinski definition) is 1. The molecule has 1 aliphatic carbocycles. The highest BCUT2D eigenvalue weighted by Gasteiger charge is 2.36. The molecule has 2 fully saturated rings. The van der Waals surface area contributed by atoms with Crippen LogP contribution in [0.25, 0.3) is 0 Å². The maximum absolute atomic E-state index is 5.69. The average molecular weight is 199 g/mol. The van der Waals surface area contributed by atoms with Crippen molar-refractivity contribution in [1.29, 1.82) is 0 Å². The van der Waals surface area contributed by atoms with Gasteiger partial charge in [-0.25, -0.2) is 0 Å². The van der Waals surface area contributed by atoms with E-state index in [1.165, 1.54) is 25.7 Å². The Balaban J connectivity index is 1.74. The minimum Gasteiger partial charge on any atom is -0.374 e. The third kappa shape index (κ3) is 2.27. The molecule has 0 radical (unpaired) electrons. The van der Waals surface area contributed by atoms with Crippen LogP contribution in [0.3, 0.4) is 0 Å². The van der Waals surface area contributed by atoms with Gasteiger partial charge in [-0.15, -0.1) is 0 Å². The Morgan fingerprint density at radius 1 is 1.21 bits per heavy atom. The maximum Gasteiger partial charge on any atom is 0.0802 e. The van der Waals surface area contributed by atoms with Gasteiger partial charge in [-0.05, 0) is 33.1 Å². The first kappa shape index (κ1) is 10.4. The monoisotopic (exact) mass is 199 g/mol. The molecule has 1 atom stereocenters. The lowest BCUT2D eigenvalue weighted by atomic mass is 10.0. The summed E-state index contributed by atoms with van der Waals surface area (Å²) in [5.74, 6) is 0. The topological polar surface area (TPSA) is 30.5 Å². The van der Waals surface area contributed by atoms with Gasteiger partial charge in [-0.2, -0.15) is 5.48 Å². The van der Waals surface area contributed by atoms with E-state index in [1.54, 1.807) is 0 Å². The van der Waals surface area contributed by atoms with Crippen molar-refractivity contribution in [3.63, 3.8) is 0 Å². The zero-order valence-electron chi connectivity index (χ0n) is 9.21. The Morgan fingerprint density at radius 2 is 1.93 bits per heavy atom. The lowest BCUT2D eigenvalue weighted by Crippen LogP contribution is -2.44. The molecule has 2 aliphatic rings. The predicted octanol–water partition coefficient (Wildman–Crippen LogP) is 2.02. The maximum atomic E-state index is 5.69. The standard InChI is InChI=1S/C11H21NO2/c1-11(2)10(7-8-13-11)12-14-9-5-3-4-6-9/h9-10,12H,3-8H2,1-2H3. The highest BCUT2D eigenvalue weighted by atomic mass is 16.7. The van der Waals surface area contributed by atoms with E-state index in [0.717, 1.165) is 13.0 Å². The molecule has 3 nitrogen and oxygen atoms in total. The van der Waals surface area contributed by atoms with Crippen LogP contribution in [0.4, 0.5) is 0 Å². The molecule has 2 rings (SSSR count). The molecule has 14 heavy (non-hydrogen) atoms. The van der Waals surface area contributed by atoms with Crippen molar-refractivity contribution in [3.8, 4) is 0 Å². The zero-order valence-corrected chi connectivity index (χ0v) is 9.21. The van der Waals surface area contributed by atoms with Crippen molar-refractivity contribution in [3.05, 3.63) is 0 Å². The van der Waals surface area contributed by atoms with Crippen molar-refractivity contribution in [2.24, 2.45) is 0 Å². The molecule has 1 heterocycles. The lowest BCUT2D eigenvalue weighted by molar-refractivity contribution is -0.0746. The highest BCUT2D eigenvalue weighted by Crippen LogP contribution is 2.26. The molecule has 0 spiro atoms. The average Bonchev–Trinajstić information content (AvgIpc) is 2.71. The van der Waals surface area contributed by atoms with Gasteiger partial charge in [0.05, 0.1) is 17.7 Å². The van der Waals surface area contributed by atoms with E-state index in [9.17, 15) is 0 Å². The minimum absolute atomic E-state index is 0.0708. The van der Waals surface area contributed by atoms with Gasteiger partial charge in [0.2, 0.25) is 0 Å². The van der Waals surface area contributed by atoms with Gasteiger partial charge in [0.15, 0.2) is 0 Å². The summed E-state index contributed by atoms with van der Waals surface area (Å²) in [5, 5.41) is 0. The first-order valence-corrected chi connectivity index (χ1v) is 5.73. The zero-order chi connectivity index (χ0) is 10.0. The molecule has 1 saturated heterocycles. The van der Waals surface area contributed by atoms with Crippen LogP contribution in [0.15, 0.2) is 0 Å². The molecule has 1 aliphatic heterocycles. The number of rotatable bonds is 3. The Morgan fingerprint density at radius 3 is 2.50 bits per heavy atom. The van der Waals surface area contributed by atoms with Crippen molar-refractivity contribution in [2.75, 3.05) is 6.61 Å². The lowest BCUT2D eigenvalue weighted by Gasteiger charge is -2.27. The number of hydroxylamine groups is 1. The van der Waals surface area contributed by atoms with Gasteiger partial charge >= 0.3 is 0 Å². The summed E-state index contributed by atoms with van der Waals surface area (Å²) in [6.07, 6.45) is 6.54. The summed E-state index contributed by atoms with van der Waals surface area (Å²) in [6, 6.07) is 0.350. The second kappa shape index (κ2) is 4.17. The number of hydrogen-bond acceptors (Lipinski definition) is 3. The summed E-state index contributed by atoms with van der Waals surface area (Å²) in [6.45, 7) is 5.09. The van der Waals surface area contributed by atoms with Gasteiger partial charge in [-0.1, -0.05) is 12.8 Å². The number of nitrogens with one attached hydrogen (secondary N) is 1. The quantitative estimate of drug-likeness (QED) is 0.705. The van der Waals surface area contributed by atoms with Gasteiger partial charge in [0, 0.05) is 6.61 Å². The Kier molecular flexibility index (Phi) is 3.10. The SMILES string of the molecule is CC1(C)OCCC1NOC1CCCC1. The fraction of sp³-hybridized carbons (Fsp3) is 1.00. The molecular weight excluding hydrogens is 178 g/mol. The van der Waals surface area contributed by atoms with E-state index in [-0.39, 0.29) is 5.60 Å². The Labute approximate surface area is 86.1 Å². The molecule has 3 heteroatoms. The summed E-state index contributed by atoms with van der Waals surface area (Å²) in [7, 11) is 0. The van der Waals surface area contributed by atoms with Crippen LogP contribution in [0.5, 0.6) is 0 Å². The predicted molar refractivity (Wildman–Crippen MR) is 54.9 cm³/mol. The Bertz CT molecular complexity index is 188. The molecule has 1 saturated carbocycles. The molecule has 1 unspecified atom stereocenters. The van der Waals surface area contributed by atoms with Crippen LogP contribution in [0, 0.1) is 0 Å². The third-order valence-electron chi connectivity index (χ3n) is 3.40. The molecule has 0 aromatic rings. The van der Waals surface area contributed by atoms with Gasteiger partial charge in [-0.3, -0.25) is 4.84 Å². The van der Waals surface area contributed by atoms with Gasteiger partial charge in [0.25, 0.3) is 0 Å². The molecule has 1 N–H and O–H groups in total. The summed E-state index contributed by atoms with van der Waals surface area (Å²) < 4.78 is 5.63. The van der Waals surface area contributed by atoms with Gasteiger partial charge in [0.1, 0.15) is 0 Å². The fourth-order valence-electron chi connectivity index (χ4n) is 2.27. The third-order valence-corrected chi connectivity index (χ3v) is 3.40.